The van der Waals surface area contributed by atoms with Gasteiger partial charge in [0, 0.05) is 17.5 Å². The van der Waals surface area contributed by atoms with Crippen LogP contribution in [0.1, 0.15) is 76.6 Å². The van der Waals surface area contributed by atoms with E-state index in [9.17, 15) is 0 Å². The summed E-state index contributed by atoms with van der Waals surface area (Å²) in [5, 5.41) is 8.68. The van der Waals surface area contributed by atoms with E-state index in [4.69, 9.17) is 5.73 Å². The second-order valence-electron chi connectivity index (χ2n) is 6.62. The van der Waals surface area contributed by atoms with Crippen molar-refractivity contribution in [3.05, 3.63) is 12.2 Å². The van der Waals surface area contributed by atoms with Crippen molar-refractivity contribution in [1.29, 1.82) is 0 Å². The fourth-order valence-electron chi connectivity index (χ4n) is 3.92. The molecule has 2 N–H and O–H groups in total. The van der Waals surface area contributed by atoms with Gasteiger partial charge in [0.15, 0.2) is 0 Å². The molecule has 4 heteroatoms. The van der Waals surface area contributed by atoms with E-state index in [1.54, 1.807) is 0 Å². The van der Waals surface area contributed by atoms with Crippen LogP contribution in [0.2, 0.25) is 0 Å². The van der Waals surface area contributed by atoms with E-state index in [1.165, 1.54) is 44.9 Å². The Kier molecular flexibility index (Phi) is 3.61. The molecule has 2 unspecified atom stereocenters. The van der Waals surface area contributed by atoms with E-state index in [0.29, 0.717) is 6.04 Å². The largest absolute Gasteiger partial charge is 0.327 e. The number of hydrogen-bond acceptors (Lipinski definition) is 3. The van der Waals surface area contributed by atoms with Crippen molar-refractivity contribution in [2.45, 2.75) is 82.2 Å². The summed E-state index contributed by atoms with van der Waals surface area (Å²) >= 11 is 0. The molecule has 2 fully saturated rings. The summed E-state index contributed by atoms with van der Waals surface area (Å²) in [7, 11) is 0. The topological polar surface area (TPSA) is 56.7 Å². The van der Waals surface area contributed by atoms with Crippen LogP contribution >= 0.6 is 0 Å². The predicted octanol–water partition coefficient (Wildman–Crippen LogP) is 2.94. The molecule has 0 aliphatic heterocycles. The lowest BCUT2D eigenvalue weighted by molar-refractivity contribution is 0.236. The normalized spacial score (nSPS) is 33.5. The Morgan fingerprint density at radius 2 is 1.89 bits per heavy atom. The van der Waals surface area contributed by atoms with Gasteiger partial charge in [-0.25, -0.2) is 0 Å². The molecule has 0 radical (unpaired) electrons. The minimum Gasteiger partial charge on any atom is -0.327 e. The smallest absolute Gasteiger partial charge is 0.140 e. The van der Waals surface area contributed by atoms with Crippen molar-refractivity contribution in [3.63, 3.8) is 0 Å². The zero-order chi connectivity index (χ0) is 13.3. The predicted molar refractivity (Wildman–Crippen MR) is 75.9 cm³/mol. The van der Waals surface area contributed by atoms with Gasteiger partial charge in [0.1, 0.15) is 12.2 Å². The third kappa shape index (κ3) is 2.31. The van der Waals surface area contributed by atoms with Crippen LogP contribution in [0.3, 0.4) is 0 Å². The summed E-state index contributed by atoms with van der Waals surface area (Å²) in [5.41, 5.74) is 6.44. The number of rotatable bonds is 2. The molecule has 3 rings (SSSR count). The van der Waals surface area contributed by atoms with Crippen molar-refractivity contribution < 1.29 is 0 Å². The van der Waals surface area contributed by atoms with Gasteiger partial charge < -0.3 is 10.3 Å². The lowest BCUT2D eigenvalue weighted by Crippen LogP contribution is -2.47. The molecule has 2 saturated carbocycles. The standard InChI is InChI=1S/C15H26N4/c1-15(10-6-5-9-13(15)16)14-18-17-11-19(14)12-7-3-2-4-8-12/h11-13H,2-10,16H2,1H3. The summed E-state index contributed by atoms with van der Waals surface area (Å²) in [6.45, 7) is 2.29. The Morgan fingerprint density at radius 1 is 1.16 bits per heavy atom. The second kappa shape index (κ2) is 5.23. The second-order valence-corrected chi connectivity index (χ2v) is 6.62. The SMILES string of the molecule is CC1(c2nncn2C2CCCCC2)CCCCC1N. The van der Waals surface area contributed by atoms with Crippen molar-refractivity contribution in [1.82, 2.24) is 14.8 Å². The highest BCUT2D eigenvalue weighted by molar-refractivity contribution is 5.13. The summed E-state index contributed by atoms with van der Waals surface area (Å²) in [5.74, 6) is 1.15. The highest BCUT2D eigenvalue weighted by Crippen LogP contribution is 2.39. The first-order valence-corrected chi connectivity index (χ1v) is 7.87. The first-order chi connectivity index (χ1) is 9.22. The Bertz CT molecular complexity index is 422. The molecule has 106 valence electrons. The minimum atomic E-state index is 0.0200. The summed E-state index contributed by atoms with van der Waals surface area (Å²) in [6, 6.07) is 0.831. The minimum absolute atomic E-state index is 0.0200. The molecule has 0 aromatic carbocycles. The van der Waals surface area contributed by atoms with Crippen LogP contribution in [0.4, 0.5) is 0 Å². The fraction of sp³-hybridized carbons (Fsp3) is 0.867. The maximum absolute atomic E-state index is 6.42. The molecular formula is C15H26N4. The van der Waals surface area contributed by atoms with Crippen LogP contribution in [0.5, 0.6) is 0 Å². The summed E-state index contributed by atoms with van der Waals surface area (Å²) < 4.78 is 2.35. The van der Waals surface area contributed by atoms with Gasteiger partial charge in [-0.1, -0.05) is 39.0 Å². The molecule has 2 aliphatic carbocycles. The van der Waals surface area contributed by atoms with Crippen LogP contribution in [-0.2, 0) is 5.41 Å². The highest BCUT2D eigenvalue weighted by Gasteiger charge is 2.40. The molecule has 2 aliphatic rings. The first kappa shape index (κ1) is 13.1. The zero-order valence-electron chi connectivity index (χ0n) is 12.0. The summed E-state index contributed by atoms with van der Waals surface area (Å²) in [6.07, 6.45) is 13.3. The van der Waals surface area contributed by atoms with Gasteiger partial charge in [0.2, 0.25) is 0 Å². The lowest BCUT2D eigenvalue weighted by atomic mass is 9.71. The van der Waals surface area contributed by atoms with Gasteiger partial charge in [0.25, 0.3) is 0 Å². The Hall–Kier alpha value is -0.900. The van der Waals surface area contributed by atoms with Gasteiger partial charge in [-0.05, 0) is 25.7 Å². The van der Waals surface area contributed by atoms with Gasteiger partial charge >= 0.3 is 0 Å². The maximum atomic E-state index is 6.42. The number of hydrogen-bond donors (Lipinski definition) is 1. The number of nitrogens with zero attached hydrogens (tertiary/aromatic N) is 3. The molecule has 0 spiro atoms. The molecule has 19 heavy (non-hydrogen) atoms. The van der Waals surface area contributed by atoms with Gasteiger partial charge in [-0.2, -0.15) is 0 Å². The average Bonchev–Trinajstić information content (AvgIpc) is 2.93. The van der Waals surface area contributed by atoms with Crippen LogP contribution in [0.25, 0.3) is 0 Å². The van der Waals surface area contributed by atoms with E-state index in [-0.39, 0.29) is 11.5 Å². The first-order valence-electron chi connectivity index (χ1n) is 7.87. The van der Waals surface area contributed by atoms with Crippen molar-refractivity contribution >= 4 is 0 Å². The van der Waals surface area contributed by atoms with E-state index in [1.807, 2.05) is 6.33 Å². The van der Waals surface area contributed by atoms with Crippen molar-refractivity contribution in [2.24, 2.45) is 5.73 Å². The number of aromatic nitrogens is 3. The highest BCUT2D eigenvalue weighted by atomic mass is 15.3. The molecular weight excluding hydrogens is 236 g/mol. The molecule has 1 aromatic heterocycles. The summed E-state index contributed by atoms with van der Waals surface area (Å²) in [4.78, 5) is 0. The van der Waals surface area contributed by atoms with Crippen molar-refractivity contribution in [2.75, 3.05) is 0 Å². The quantitative estimate of drug-likeness (QED) is 0.891. The maximum Gasteiger partial charge on any atom is 0.140 e. The third-order valence-corrected chi connectivity index (χ3v) is 5.33. The molecule has 4 nitrogen and oxygen atoms in total. The Labute approximate surface area is 115 Å². The monoisotopic (exact) mass is 262 g/mol. The van der Waals surface area contributed by atoms with E-state index >= 15 is 0 Å². The molecule has 1 heterocycles. The molecule has 0 saturated heterocycles. The van der Waals surface area contributed by atoms with E-state index in [0.717, 1.165) is 18.7 Å². The van der Waals surface area contributed by atoms with E-state index in [2.05, 4.69) is 21.7 Å². The van der Waals surface area contributed by atoms with Crippen LogP contribution in [0, 0.1) is 0 Å². The fourth-order valence-corrected chi connectivity index (χ4v) is 3.92. The average molecular weight is 262 g/mol. The van der Waals surface area contributed by atoms with Gasteiger partial charge in [0.05, 0.1) is 0 Å². The van der Waals surface area contributed by atoms with E-state index < -0.39 is 0 Å². The lowest BCUT2D eigenvalue weighted by Gasteiger charge is -2.39. The van der Waals surface area contributed by atoms with Crippen LogP contribution in [-0.4, -0.2) is 20.8 Å². The van der Waals surface area contributed by atoms with Crippen LogP contribution < -0.4 is 5.73 Å². The van der Waals surface area contributed by atoms with Crippen LogP contribution in [0.15, 0.2) is 6.33 Å². The third-order valence-electron chi connectivity index (χ3n) is 5.33. The Morgan fingerprint density at radius 3 is 2.63 bits per heavy atom. The molecule has 0 amide bonds. The van der Waals surface area contributed by atoms with Gasteiger partial charge in [-0.15, -0.1) is 10.2 Å². The number of nitrogens with two attached hydrogens (primary N) is 1. The molecule has 2 atom stereocenters. The molecule has 0 bridgehead atoms. The van der Waals surface area contributed by atoms with Crippen molar-refractivity contribution in [3.8, 4) is 0 Å². The molecule has 1 aromatic rings. The van der Waals surface area contributed by atoms with Gasteiger partial charge in [-0.3, -0.25) is 0 Å². The zero-order valence-corrected chi connectivity index (χ0v) is 12.0. The Balaban J connectivity index is 1.90.